The first-order chi connectivity index (χ1) is 12.2. The standard InChI is InChI=1S/C18H16ClN5O/c19-16-7-6-13(11-22-16)12-24-9-8-21-17(24)15(10-20)18(25)23-14-4-2-1-3-5-14/h1-7,11,21H,8-9,12H2,(H,23,25)/b17-15-. The number of nitrogens with one attached hydrogen (secondary N) is 2. The van der Waals surface area contributed by atoms with Crippen molar-refractivity contribution >= 4 is 23.2 Å². The second-order valence-corrected chi connectivity index (χ2v) is 5.88. The van der Waals surface area contributed by atoms with Gasteiger partial charge in [-0.3, -0.25) is 4.79 Å². The molecule has 0 spiro atoms. The summed E-state index contributed by atoms with van der Waals surface area (Å²) < 4.78 is 0. The van der Waals surface area contributed by atoms with Gasteiger partial charge in [-0.2, -0.15) is 5.26 Å². The Labute approximate surface area is 150 Å². The van der Waals surface area contributed by atoms with Crippen molar-refractivity contribution in [2.45, 2.75) is 6.54 Å². The van der Waals surface area contributed by atoms with Gasteiger partial charge in [0.25, 0.3) is 5.91 Å². The molecule has 1 aliphatic heterocycles. The zero-order valence-corrected chi connectivity index (χ0v) is 14.1. The number of nitrogens with zero attached hydrogens (tertiary/aromatic N) is 3. The molecule has 0 bridgehead atoms. The van der Waals surface area contributed by atoms with E-state index in [-0.39, 0.29) is 5.57 Å². The topological polar surface area (TPSA) is 81.0 Å². The summed E-state index contributed by atoms with van der Waals surface area (Å²) in [7, 11) is 0. The molecule has 2 N–H and O–H groups in total. The largest absolute Gasteiger partial charge is 0.369 e. The lowest BCUT2D eigenvalue weighted by molar-refractivity contribution is -0.112. The number of hydrogen-bond acceptors (Lipinski definition) is 5. The lowest BCUT2D eigenvalue weighted by atomic mass is 10.2. The number of rotatable bonds is 4. The molecular weight excluding hydrogens is 338 g/mol. The van der Waals surface area contributed by atoms with Crippen LogP contribution in [0.5, 0.6) is 0 Å². The Balaban J connectivity index is 1.80. The van der Waals surface area contributed by atoms with Crippen molar-refractivity contribution in [3.63, 3.8) is 0 Å². The average Bonchev–Trinajstić information content (AvgIpc) is 3.06. The number of hydrogen-bond donors (Lipinski definition) is 2. The van der Waals surface area contributed by atoms with Crippen LogP contribution in [0.2, 0.25) is 5.15 Å². The molecule has 126 valence electrons. The number of halogens is 1. The van der Waals surface area contributed by atoms with Gasteiger partial charge in [0.2, 0.25) is 0 Å². The maximum absolute atomic E-state index is 12.5. The zero-order valence-electron chi connectivity index (χ0n) is 13.4. The smallest absolute Gasteiger partial charge is 0.270 e. The Bertz CT molecular complexity index is 827. The number of aromatic nitrogens is 1. The first kappa shape index (κ1) is 16.8. The van der Waals surface area contributed by atoms with Crippen molar-refractivity contribution in [1.29, 1.82) is 5.26 Å². The van der Waals surface area contributed by atoms with E-state index in [0.717, 1.165) is 5.56 Å². The normalized spacial score (nSPS) is 15.3. The summed E-state index contributed by atoms with van der Waals surface area (Å²) in [5.74, 6) is 0.100. The molecule has 1 aromatic heterocycles. The van der Waals surface area contributed by atoms with Crippen LogP contribution >= 0.6 is 11.6 Å². The quantitative estimate of drug-likeness (QED) is 0.501. The van der Waals surface area contributed by atoms with E-state index < -0.39 is 5.91 Å². The minimum absolute atomic E-state index is 0.0586. The van der Waals surface area contributed by atoms with Crippen LogP contribution in [0.25, 0.3) is 0 Å². The van der Waals surface area contributed by atoms with E-state index in [1.165, 1.54) is 0 Å². The number of pyridine rings is 1. The van der Waals surface area contributed by atoms with Gasteiger partial charge in [-0.15, -0.1) is 0 Å². The molecule has 6 nitrogen and oxygen atoms in total. The lowest BCUT2D eigenvalue weighted by Gasteiger charge is -2.20. The third-order valence-corrected chi connectivity index (χ3v) is 3.98. The summed E-state index contributed by atoms with van der Waals surface area (Å²) in [5, 5.41) is 15.8. The van der Waals surface area contributed by atoms with Gasteiger partial charge in [-0.25, -0.2) is 4.98 Å². The molecule has 1 saturated heterocycles. The Hall–Kier alpha value is -3.04. The number of carbonyl (C=O) groups is 1. The molecule has 1 aliphatic rings. The molecular formula is C18H16ClN5O. The van der Waals surface area contributed by atoms with Gasteiger partial charge < -0.3 is 15.5 Å². The van der Waals surface area contributed by atoms with Crippen LogP contribution in [-0.4, -0.2) is 28.9 Å². The summed E-state index contributed by atoms with van der Waals surface area (Å²) in [6.45, 7) is 1.90. The molecule has 1 fully saturated rings. The predicted molar refractivity (Wildman–Crippen MR) is 95.4 cm³/mol. The van der Waals surface area contributed by atoms with Crippen molar-refractivity contribution in [1.82, 2.24) is 15.2 Å². The molecule has 2 heterocycles. The molecule has 0 aliphatic carbocycles. The molecule has 3 rings (SSSR count). The third-order valence-electron chi connectivity index (χ3n) is 3.76. The fourth-order valence-corrected chi connectivity index (χ4v) is 2.70. The van der Waals surface area contributed by atoms with Crippen molar-refractivity contribution in [2.24, 2.45) is 0 Å². The van der Waals surface area contributed by atoms with Gasteiger partial charge in [0.1, 0.15) is 17.0 Å². The Kier molecular flexibility index (Phi) is 5.17. The van der Waals surface area contributed by atoms with E-state index in [9.17, 15) is 10.1 Å². The second kappa shape index (κ2) is 7.69. The fourth-order valence-electron chi connectivity index (χ4n) is 2.58. The van der Waals surface area contributed by atoms with Gasteiger partial charge in [-0.1, -0.05) is 35.9 Å². The zero-order chi connectivity index (χ0) is 17.6. The molecule has 25 heavy (non-hydrogen) atoms. The summed E-state index contributed by atoms with van der Waals surface area (Å²) in [6, 6.07) is 14.7. The summed E-state index contributed by atoms with van der Waals surface area (Å²) in [5.41, 5.74) is 1.65. The van der Waals surface area contributed by atoms with Crippen LogP contribution in [-0.2, 0) is 11.3 Å². The monoisotopic (exact) mass is 353 g/mol. The van der Waals surface area contributed by atoms with Gasteiger partial charge in [0, 0.05) is 31.5 Å². The number of nitriles is 1. The van der Waals surface area contributed by atoms with Gasteiger partial charge in [-0.05, 0) is 23.8 Å². The third kappa shape index (κ3) is 4.08. The van der Waals surface area contributed by atoms with Crippen molar-refractivity contribution in [2.75, 3.05) is 18.4 Å². The van der Waals surface area contributed by atoms with E-state index in [1.54, 1.807) is 24.4 Å². The highest BCUT2D eigenvalue weighted by molar-refractivity contribution is 6.29. The van der Waals surface area contributed by atoms with Gasteiger partial charge in [0.15, 0.2) is 5.57 Å². The number of anilines is 1. The Morgan fingerprint density at radius 3 is 2.80 bits per heavy atom. The van der Waals surface area contributed by atoms with Crippen molar-refractivity contribution in [3.8, 4) is 6.07 Å². The van der Waals surface area contributed by atoms with Crippen LogP contribution in [0.3, 0.4) is 0 Å². The summed E-state index contributed by atoms with van der Waals surface area (Å²) in [6.07, 6.45) is 1.69. The molecule has 2 aromatic rings. The highest BCUT2D eigenvalue weighted by atomic mass is 35.5. The minimum Gasteiger partial charge on any atom is -0.369 e. The van der Waals surface area contributed by atoms with Gasteiger partial charge >= 0.3 is 0 Å². The number of para-hydroxylation sites is 1. The molecule has 0 atom stereocenters. The Morgan fingerprint density at radius 2 is 2.12 bits per heavy atom. The van der Waals surface area contributed by atoms with Crippen LogP contribution in [0.15, 0.2) is 60.1 Å². The molecule has 7 heteroatoms. The molecule has 0 radical (unpaired) electrons. The van der Waals surface area contributed by atoms with Crippen molar-refractivity contribution in [3.05, 3.63) is 70.8 Å². The van der Waals surface area contributed by atoms with E-state index in [0.29, 0.717) is 36.3 Å². The molecule has 0 unspecified atom stereocenters. The van der Waals surface area contributed by atoms with Crippen LogP contribution in [0, 0.1) is 11.3 Å². The van der Waals surface area contributed by atoms with E-state index in [1.807, 2.05) is 35.2 Å². The predicted octanol–water partition coefficient (Wildman–Crippen LogP) is 2.51. The van der Waals surface area contributed by atoms with Crippen molar-refractivity contribution < 1.29 is 4.79 Å². The van der Waals surface area contributed by atoms with E-state index in [2.05, 4.69) is 15.6 Å². The first-order valence-corrected chi connectivity index (χ1v) is 8.15. The van der Waals surface area contributed by atoms with Crippen LogP contribution < -0.4 is 10.6 Å². The molecule has 1 amide bonds. The summed E-state index contributed by atoms with van der Waals surface area (Å²) in [4.78, 5) is 18.5. The first-order valence-electron chi connectivity index (χ1n) is 7.77. The maximum atomic E-state index is 12.5. The number of benzene rings is 1. The average molecular weight is 354 g/mol. The van der Waals surface area contributed by atoms with E-state index >= 15 is 0 Å². The lowest BCUT2D eigenvalue weighted by Crippen LogP contribution is -2.26. The summed E-state index contributed by atoms with van der Waals surface area (Å²) >= 11 is 5.81. The molecule has 1 aromatic carbocycles. The SMILES string of the molecule is N#C/C(C(=O)Nc1ccccc1)=C1\NCCN1Cc1ccc(Cl)nc1. The number of carbonyl (C=O) groups excluding carboxylic acids is 1. The fraction of sp³-hybridized carbons (Fsp3) is 0.167. The highest BCUT2D eigenvalue weighted by Crippen LogP contribution is 2.18. The Morgan fingerprint density at radius 1 is 1.32 bits per heavy atom. The second-order valence-electron chi connectivity index (χ2n) is 5.49. The highest BCUT2D eigenvalue weighted by Gasteiger charge is 2.25. The maximum Gasteiger partial charge on any atom is 0.270 e. The van der Waals surface area contributed by atoms with Crippen LogP contribution in [0.1, 0.15) is 5.56 Å². The number of amides is 1. The van der Waals surface area contributed by atoms with E-state index in [4.69, 9.17) is 11.6 Å². The molecule has 0 saturated carbocycles. The minimum atomic E-state index is -0.433. The van der Waals surface area contributed by atoms with Crippen LogP contribution in [0.4, 0.5) is 5.69 Å². The van der Waals surface area contributed by atoms with Gasteiger partial charge in [0.05, 0.1) is 0 Å².